The second-order valence-corrected chi connectivity index (χ2v) is 4.30. The van der Waals surface area contributed by atoms with Gasteiger partial charge in [0.05, 0.1) is 0 Å². The second kappa shape index (κ2) is 4.74. The Morgan fingerprint density at radius 2 is 1.95 bits per heavy atom. The summed E-state index contributed by atoms with van der Waals surface area (Å²) in [5.74, 6) is 2.63. The first kappa shape index (κ1) is 11.7. The van der Waals surface area contributed by atoms with Gasteiger partial charge in [-0.05, 0) is 18.2 Å². The second-order valence-electron chi connectivity index (χ2n) is 3.86. The Morgan fingerprint density at radius 1 is 1.16 bits per heavy atom. The summed E-state index contributed by atoms with van der Waals surface area (Å²) in [6.45, 7) is 0.236. The number of nitrogens with two attached hydrogens (primary N) is 1. The molecule has 1 aliphatic rings. The van der Waals surface area contributed by atoms with Crippen molar-refractivity contribution in [2.45, 2.75) is 0 Å². The Bertz CT molecular complexity index is 646. The third-order valence-electron chi connectivity index (χ3n) is 2.56. The number of rotatable bonds is 3. The van der Waals surface area contributed by atoms with Crippen LogP contribution in [0.3, 0.4) is 0 Å². The van der Waals surface area contributed by atoms with Crippen molar-refractivity contribution in [3.05, 3.63) is 42.2 Å². The predicted molar refractivity (Wildman–Crippen MR) is 72.8 cm³/mol. The molecule has 0 radical (unpaired) electrons. The summed E-state index contributed by atoms with van der Waals surface area (Å²) in [6, 6.07) is 8.78. The largest absolute Gasteiger partial charge is 0.457 e. The normalized spacial score (nSPS) is 12.2. The molecule has 0 spiro atoms. The summed E-state index contributed by atoms with van der Waals surface area (Å²) in [4.78, 5) is 4.28. The summed E-state index contributed by atoms with van der Waals surface area (Å²) in [5, 5.41) is 0. The Balaban J connectivity index is 1.85. The molecule has 5 nitrogen and oxygen atoms in total. The molecule has 19 heavy (non-hydrogen) atoms. The molecule has 6 heteroatoms. The van der Waals surface area contributed by atoms with Crippen LogP contribution in [0, 0.1) is 0 Å². The fourth-order valence-corrected chi connectivity index (χ4v) is 1.80. The van der Waals surface area contributed by atoms with Crippen molar-refractivity contribution >= 4 is 17.2 Å². The van der Waals surface area contributed by atoms with Crippen molar-refractivity contribution in [1.82, 2.24) is 4.98 Å². The smallest absolute Gasteiger partial charge is 0.231 e. The van der Waals surface area contributed by atoms with E-state index in [-0.39, 0.29) is 11.8 Å². The van der Waals surface area contributed by atoms with Gasteiger partial charge in [0.1, 0.15) is 22.2 Å². The van der Waals surface area contributed by atoms with E-state index in [9.17, 15) is 0 Å². The highest BCUT2D eigenvalue weighted by Crippen LogP contribution is 2.36. The van der Waals surface area contributed by atoms with Gasteiger partial charge in [-0.25, -0.2) is 0 Å². The van der Waals surface area contributed by atoms with Crippen LogP contribution in [0.5, 0.6) is 23.0 Å². The molecule has 0 aliphatic carbocycles. The van der Waals surface area contributed by atoms with Gasteiger partial charge < -0.3 is 19.9 Å². The van der Waals surface area contributed by atoms with E-state index >= 15 is 0 Å². The lowest BCUT2D eigenvalue weighted by Gasteiger charge is -2.07. The summed E-state index contributed by atoms with van der Waals surface area (Å²) < 4.78 is 16.2. The minimum Gasteiger partial charge on any atom is -0.457 e. The third-order valence-corrected chi connectivity index (χ3v) is 2.77. The zero-order chi connectivity index (χ0) is 13.2. The molecular weight excluding hydrogens is 264 g/mol. The molecule has 0 saturated heterocycles. The number of fused-ring (bicyclic) bond motifs is 1. The van der Waals surface area contributed by atoms with Crippen molar-refractivity contribution in [3.63, 3.8) is 0 Å². The lowest BCUT2D eigenvalue weighted by Crippen LogP contribution is -2.11. The highest BCUT2D eigenvalue weighted by Gasteiger charge is 2.14. The Hall–Kier alpha value is -2.34. The highest BCUT2D eigenvalue weighted by atomic mass is 32.1. The molecular formula is C13H10N2O3S. The van der Waals surface area contributed by atoms with Gasteiger partial charge in [0.2, 0.25) is 6.79 Å². The minimum absolute atomic E-state index is 0.233. The minimum atomic E-state index is 0.233. The van der Waals surface area contributed by atoms with Crippen LogP contribution in [0.15, 0.2) is 36.5 Å². The average Bonchev–Trinajstić information content (AvgIpc) is 2.86. The van der Waals surface area contributed by atoms with E-state index in [0.717, 1.165) is 0 Å². The maximum absolute atomic E-state index is 5.70. The van der Waals surface area contributed by atoms with Gasteiger partial charge in [0, 0.05) is 18.3 Å². The number of ether oxygens (including phenoxy) is 3. The Morgan fingerprint density at radius 3 is 2.79 bits per heavy atom. The van der Waals surface area contributed by atoms with Crippen LogP contribution in [0.2, 0.25) is 0 Å². The summed E-state index contributed by atoms with van der Waals surface area (Å²) in [6.07, 6.45) is 1.59. The third kappa shape index (κ3) is 2.43. The van der Waals surface area contributed by atoms with Crippen LogP contribution >= 0.6 is 12.2 Å². The zero-order valence-electron chi connectivity index (χ0n) is 9.83. The summed E-state index contributed by atoms with van der Waals surface area (Å²) >= 11 is 4.87. The number of hydrogen-bond acceptors (Lipinski definition) is 5. The van der Waals surface area contributed by atoms with Gasteiger partial charge in [-0.15, -0.1) is 0 Å². The number of aromatic nitrogens is 1. The van der Waals surface area contributed by atoms with E-state index in [1.165, 1.54) is 0 Å². The van der Waals surface area contributed by atoms with Crippen LogP contribution in [0.25, 0.3) is 0 Å². The van der Waals surface area contributed by atoms with E-state index in [1.807, 2.05) is 0 Å². The summed E-state index contributed by atoms with van der Waals surface area (Å²) in [5.41, 5.74) is 6.05. The zero-order valence-corrected chi connectivity index (χ0v) is 10.6. The fraction of sp³-hybridized carbons (Fsp3) is 0.0769. The summed E-state index contributed by atoms with van der Waals surface area (Å²) in [7, 11) is 0. The molecule has 1 aromatic carbocycles. The molecule has 2 heterocycles. The van der Waals surface area contributed by atoms with Crippen LogP contribution in [-0.4, -0.2) is 16.8 Å². The first-order chi connectivity index (χ1) is 9.22. The van der Waals surface area contributed by atoms with Crippen LogP contribution < -0.4 is 19.9 Å². The van der Waals surface area contributed by atoms with Gasteiger partial charge in [0.25, 0.3) is 0 Å². The molecule has 0 unspecified atom stereocenters. The SMILES string of the molecule is NC(=S)c1cc(Oc2ccc3c(c2)OCO3)ccn1. The molecule has 0 atom stereocenters. The lowest BCUT2D eigenvalue weighted by molar-refractivity contribution is 0.174. The van der Waals surface area contributed by atoms with Gasteiger partial charge in [0.15, 0.2) is 11.5 Å². The average molecular weight is 274 g/mol. The standard InChI is InChI=1S/C13H10N2O3S/c14-13(19)10-5-9(3-4-15-10)18-8-1-2-11-12(6-8)17-7-16-11/h1-6H,7H2,(H2,14,19). The maximum atomic E-state index is 5.70. The van der Waals surface area contributed by atoms with Crippen molar-refractivity contribution < 1.29 is 14.2 Å². The van der Waals surface area contributed by atoms with Crippen molar-refractivity contribution in [2.24, 2.45) is 5.73 Å². The quantitative estimate of drug-likeness (QED) is 0.866. The van der Waals surface area contributed by atoms with E-state index in [0.29, 0.717) is 28.7 Å². The Labute approximate surface area is 114 Å². The van der Waals surface area contributed by atoms with Gasteiger partial charge in [-0.1, -0.05) is 12.2 Å². The monoisotopic (exact) mass is 274 g/mol. The number of pyridine rings is 1. The van der Waals surface area contributed by atoms with Gasteiger partial charge >= 0.3 is 0 Å². The molecule has 1 aliphatic heterocycles. The number of hydrogen-bond donors (Lipinski definition) is 1. The molecule has 1 aromatic heterocycles. The highest BCUT2D eigenvalue weighted by molar-refractivity contribution is 7.80. The van der Waals surface area contributed by atoms with Crippen molar-refractivity contribution in [2.75, 3.05) is 6.79 Å². The first-order valence-corrected chi connectivity index (χ1v) is 5.96. The number of benzene rings is 1. The lowest BCUT2D eigenvalue weighted by atomic mass is 10.3. The molecule has 0 amide bonds. The van der Waals surface area contributed by atoms with Crippen LogP contribution in [0.4, 0.5) is 0 Å². The van der Waals surface area contributed by atoms with Crippen LogP contribution in [0.1, 0.15) is 5.69 Å². The fourth-order valence-electron chi connectivity index (χ4n) is 1.69. The molecule has 0 bridgehead atoms. The van der Waals surface area contributed by atoms with Gasteiger partial charge in [-0.2, -0.15) is 0 Å². The molecule has 0 saturated carbocycles. The van der Waals surface area contributed by atoms with E-state index in [1.54, 1.807) is 36.5 Å². The van der Waals surface area contributed by atoms with E-state index < -0.39 is 0 Å². The Kier molecular flexibility index (Phi) is 2.92. The van der Waals surface area contributed by atoms with Crippen molar-refractivity contribution in [3.8, 4) is 23.0 Å². The number of nitrogens with zero attached hydrogens (tertiary/aromatic N) is 1. The predicted octanol–water partition coefficient (Wildman–Crippen LogP) is 2.24. The molecule has 0 fully saturated rings. The first-order valence-electron chi connectivity index (χ1n) is 5.56. The van der Waals surface area contributed by atoms with E-state index in [2.05, 4.69) is 4.98 Å². The number of thiocarbonyl (C=S) groups is 1. The molecule has 2 aromatic rings. The van der Waals surface area contributed by atoms with Crippen LogP contribution in [-0.2, 0) is 0 Å². The van der Waals surface area contributed by atoms with E-state index in [4.69, 9.17) is 32.2 Å². The molecule has 96 valence electrons. The topological polar surface area (TPSA) is 66.6 Å². The molecule has 3 rings (SSSR count). The molecule has 2 N–H and O–H groups in total. The van der Waals surface area contributed by atoms with Crippen molar-refractivity contribution in [1.29, 1.82) is 0 Å². The maximum Gasteiger partial charge on any atom is 0.231 e. The van der Waals surface area contributed by atoms with Gasteiger partial charge in [-0.3, -0.25) is 4.98 Å².